The number of allylic oxidation sites excluding steroid dienone is 1. The van der Waals surface area contributed by atoms with Gasteiger partial charge in [0, 0.05) is 28.3 Å². The summed E-state index contributed by atoms with van der Waals surface area (Å²) in [5.41, 5.74) is 4.59. The van der Waals surface area contributed by atoms with Crippen molar-refractivity contribution in [3.8, 4) is 0 Å². The molecule has 138 valence electrons. The molecular weight excluding hydrogens is 365 g/mol. The average Bonchev–Trinajstić information content (AvgIpc) is 2.98. The third kappa shape index (κ3) is 2.64. The van der Waals surface area contributed by atoms with Crippen LogP contribution in [0.5, 0.6) is 0 Å². The van der Waals surface area contributed by atoms with Crippen LogP contribution in [0.1, 0.15) is 35.5 Å². The van der Waals surface area contributed by atoms with Crippen molar-refractivity contribution >= 4 is 16.3 Å². The number of hydrogen-bond acceptors (Lipinski definition) is 5. The minimum absolute atomic E-state index is 0.145. The molecule has 0 amide bonds. The van der Waals surface area contributed by atoms with Crippen molar-refractivity contribution in [3.05, 3.63) is 44.5 Å². The van der Waals surface area contributed by atoms with Crippen molar-refractivity contribution < 1.29 is 13.2 Å². The molecule has 2 aliphatic carbocycles. The first-order valence-electron chi connectivity index (χ1n) is 8.75. The van der Waals surface area contributed by atoms with E-state index in [4.69, 9.17) is 0 Å². The average molecular weight is 382 g/mol. The number of hydrazine groups is 1. The second-order valence-electron chi connectivity index (χ2n) is 7.13. The van der Waals surface area contributed by atoms with Crippen molar-refractivity contribution in [1.82, 2.24) is 19.8 Å². The molecule has 1 N–H and O–H groups in total. The van der Waals surface area contributed by atoms with Crippen molar-refractivity contribution in [1.29, 1.82) is 0 Å². The van der Waals surface area contributed by atoms with Gasteiger partial charge in [-0.05, 0) is 38.2 Å². The van der Waals surface area contributed by atoms with Gasteiger partial charge in [0.25, 0.3) is 5.56 Å². The zero-order chi connectivity index (χ0) is 18.1. The number of aryl methyl sites for hydroxylation is 2. The molecule has 1 saturated carbocycles. The number of fused-ring (bicyclic) bond motifs is 3. The number of rotatable bonds is 3. The number of alkyl halides is 3. The van der Waals surface area contributed by atoms with Crippen LogP contribution in [-0.2, 0) is 19.4 Å². The normalized spacial score (nSPS) is 23.0. The minimum Gasteiger partial charge on any atom is -0.306 e. The van der Waals surface area contributed by atoms with Gasteiger partial charge in [-0.25, -0.2) is 10.4 Å². The first-order valence-corrected chi connectivity index (χ1v) is 9.57. The minimum atomic E-state index is -4.33. The Balaban J connectivity index is 1.46. The van der Waals surface area contributed by atoms with Crippen molar-refractivity contribution in [3.63, 3.8) is 0 Å². The summed E-state index contributed by atoms with van der Waals surface area (Å²) in [6.07, 6.45) is 1.64. The molecule has 5 rings (SSSR count). The van der Waals surface area contributed by atoms with Crippen LogP contribution < -0.4 is 11.0 Å². The zero-order valence-corrected chi connectivity index (χ0v) is 14.7. The third-order valence-corrected chi connectivity index (χ3v) is 6.32. The van der Waals surface area contributed by atoms with Gasteiger partial charge in [0.15, 0.2) is 4.96 Å². The van der Waals surface area contributed by atoms with Gasteiger partial charge in [-0.1, -0.05) is 0 Å². The molecular formula is C17H17F3N4OS. The molecule has 2 aromatic heterocycles. The molecule has 3 aliphatic rings. The summed E-state index contributed by atoms with van der Waals surface area (Å²) in [5, 5.41) is 1.52. The monoisotopic (exact) mass is 382 g/mol. The summed E-state index contributed by atoms with van der Waals surface area (Å²) in [5.74, 6) is 0.171. The SMILES string of the molecule is O=c1cc(CN2NC(C(F)(F)F)C=C2C2CC2)nc2sc3c(n12)CCC3. The predicted molar refractivity (Wildman–Crippen MR) is 90.7 cm³/mol. The highest BCUT2D eigenvalue weighted by atomic mass is 32.1. The van der Waals surface area contributed by atoms with Crippen LogP contribution in [0, 0.1) is 5.92 Å². The van der Waals surface area contributed by atoms with E-state index in [1.54, 1.807) is 4.40 Å². The fourth-order valence-electron chi connectivity index (χ4n) is 3.80. The summed E-state index contributed by atoms with van der Waals surface area (Å²) >= 11 is 1.52. The van der Waals surface area contributed by atoms with E-state index in [1.165, 1.54) is 33.4 Å². The van der Waals surface area contributed by atoms with Gasteiger partial charge in [-0.15, -0.1) is 11.3 Å². The lowest BCUT2D eigenvalue weighted by Crippen LogP contribution is -2.44. The second-order valence-corrected chi connectivity index (χ2v) is 8.19. The molecule has 0 saturated heterocycles. The Labute approximate surface area is 151 Å². The third-order valence-electron chi connectivity index (χ3n) is 5.18. The zero-order valence-electron chi connectivity index (χ0n) is 13.8. The Morgan fingerprint density at radius 1 is 1.31 bits per heavy atom. The molecule has 1 unspecified atom stereocenters. The van der Waals surface area contributed by atoms with Crippen LogP contribution in [-0.4, -0.2) is 26.6 Å². The number of thiazole rings is 1. The molecule has 0 bridgehead atoms. The fourth-order valence-corrected chi connectivity index (χ4v) is 5.04. The van der Waals surface area contributed by atoms with E-state index in [9.17, 15) is 18.0 Å². The lowest BCUT2D eigenvalue weighted by molar-refractivity contribution is -0.150. The lowest BCUT2D eigenvalue weighted by atomic mass is 10.2. The quantitative estimate of drug-likeness (QED) is 0.887. The summed E-state index contributed by atoms with van der Waals surface area (Å²) in [7, 11) is 0. The fraction of sp³-hybridized carbons (Fsp3) is 0.529. The van der Waals surface area contributed by atoms with Crippen LogP contribution in [0.3, 0.4) is 0 Å². The molecule has 0 aromatic carbocycles. The van der Waals surface area contributed by atoms with Gasteiger partial charge < -0.3 is 5.01 Å². The number of halogens is 3. The summed E-state index contributed by atoms with van der Waals surface area (Å²) < 4.78 is 40.9. The molecule has 1 aliphatic heterocycles. The molecule has 9 heteroatoms. The van der Waals surface area contributed by atoms with E-state index in [2.05, 4.69) is 10.4 Å². The van der Waals surface area contributed by atoms with Crippen molar-refractivity contribution in [2.24, 2.45) is 5.92 Å². The smallest absolute Gasteiger partial charge is 0.306 e. The maximum atomic E-state index is 13.1. The maximum Gasteiger partial charge on any atom is 0.409 e. The van der Waals surface area contributed by atoms with Crippen molar-refractivity contribution in [2.75, 3.05) is 0 Å². The Hall–Kier alpha value is -1.87. The van der Waals surface area contributed by atoms with Crippen LogP contribution in [0.4, 0.5) is 13.2 Å². The first-order chi connectivity index (χ1) is 12.4. The van der Waals surface area contributed by atoms with Gasteiger partial charge in [0.1, 0.15) is 6.04 Å². The number of nitrogens with one attached hydrogen (secondary N) is 1. The Morgan fingerprint density at radius 3 is 2.85 bits per heavy atom. The van der Waals surface area contributed by atoms with Gasteiger partial charge in [0.05, 0.1) is 12.2 Å². The Bertz CT molecular complexity index is 973. The summed E-state index contributed by atoms with van der Waals surface area (Å²) in [4.78, 5) is 18.9. The van der Waals surface area contributed by atoms with Gasteiger partial charge in [-0.3, -0.25) is 9.20 Å². The van der Waals surface area contributed by atoms with Gasteiger partial charge in [0.2, 0.25) is 0 Å². The van der Waals surface area contributed by atoms with Gasteiger partial charge in [-0.2, -0.15) is 13.2 Å². The summed E-state index contributed by atoms with van der Waals surface area (Å²) in [6, 6.07) is -0.223. The predicted octanol–water partition coefficient (Wildman–Crippen LogP) is 2.79. The van der Waals surface area contributed by atoms with E-state index < -0.39 is 12.2 Å². The highest BCUT2D eigenvalue weighted by Crippen LogP contribution is 2.42. The van der Waals surface area contributed by atoms with E-state index >= 15 is 0 Å². The van der Waals surface area contributed by atoms with Crippen LogP contribution in [0.15, 0.2) is 22.6 Å². The first kappa shape index (κ1) is 16.3. The molecule has 0 radical (unpaired) electrons. The number of hydrogen-bond donors (Lipinski definition) is 1. The van der Waals surface area contributed by atoms with Crippen LogP contribution in [0.2, 0.25) is 0 Å². The molecule has 1 atom stereocenters. The number of nitrogens with zero attached hydrogens (tertiary/aromatic N) is 3. The second kappa shape index (κ2) is 5.56. The maximum absolute atomic E-state index is 13.1. The molecule has 0 spiro atoms. The lowest BCUT2D eigenvalue weighted by Gasteiger charge is -2.24. The Kier molecular flexibility index (Phi) is 3.49. The standard InChI is InChI=1S/C17H17F3N4OS/c18-17(19,20)14-7-12(9-4-5-9)23(22-14)8-10-6-15(25)24-11-2-1-3-13(11)26-16(24)21-10/h6-7,9,14,22H,1-5,8H2. The molecule has 1 fully saturated rings. The van der Waals surface area contributed by atoms with Crippen molar-refractivity contribution in [2.45, 2.75) is 50.9 Å². The van der Waals surface area contributed by atoms with Crippen LogP contribution in [0.25, 0.3) is 4.96 Å². The Morgan fingerprint density at radius 2 is 2.12 bits per heavy atom. The van der Waals surface area contributed by atoms with Gasteiger partial charge >= 0.3 is 6.18 Å². The van der Waals surface area contributed by atoms with E-state index in [-0.39, 0.29) is 18.0 Å². The topological polar surface area (TPSA) is 49.6 Å². The van der Waals surface area contributed by atoms with Crippen LogP contribution >= 0.6 is 11.3 Å². The molecule has 3 heterocycles. The highest BCUT2D eigenvalue weighted by molar-refractivity contribution is 7.17. The largest absolute Gasteiger partial charge is 0.409 e. The molecule has 2 aromatic rings. The highest BCUT2D eigenvalue weighted by Gasteiger charge is 2.45. The number of aromatic nitrogens is 2. The van der Waals surface area contributed by atoms with E-state index in [0.717, 1.165) is 37.8 Å². The molecule has 26 heavy (non-hydrogen) atoms. The van der Waals surface area contributed by atoms with E-state index in [0.29, 0.717) is 16.4 Å². The molecule has 5 nitrogen and oxygen atoms in total. The van der Waals surface area contributed by atoms with E-state index in [1.807, 2.05) is 0 Å². The summed E-state index contributed by atoms with van der Waals surface area (Å²) in [6.45, 7) is 0.156.